The summed E-state index contributed by atoms with van der Waals surface area (Å²) in [7, 11) is 4.16. The van der Waals surface area contributed by atoms with Crippen LogP contribution < -0.4 is 19.6 Å². The molecule has 0 unspecified atom stereocenters. The van der Waals surface area contributed by atoms with Crippen molar-refractivity contribution in [2.24, 2.45) is 5.92 Å². The summed E-state index contributed by atoms with van der Waals surface area (Å²) in [5.74, 6) is -0.631. The molecule has 0 bridgehead atoms. The zero-order valence-corrected chi connectivity index (χ0v) is 19.8. The molecule has 9 heteroatoms. The largest absolute Gasteiger partial charge is 0.504 e. The van der Waals surface area contributed by atoms with Crippen LogP contribution in [0.4, 0.5) is 0 Å². The lowest BCUT2D eigenvalue weighted by Crippen LogP contribution is -2.10. The number of fused-ring (bicyclic) bond motifs is 1. The first-order chi connectivity index (χ1) is 16.2. The van der Waals surface area contributed by atoms with Crippen molar-refractivity contribution in [2.75, 3.05) is 27.9 Å². The van der Waals surface area contributed by atoms with Crippen molar-refractivity contribution in [3.63, 3.8) is 0 Å². The van der Waals surface area contributed by atoms with E-state index >= 15 is 0 Å². The predicted octanol–water partition coefficient (Wildman–Crippen LogP) is 4.03. The number of aromatic hydroxyl groups is 2. The Bertz CT molecular complexity index is 1260. The number of methoxy groups -OCH3 is 3. The molecule has 0 aliphatic heterocycles. The van der Waals surface area contributed by atoms with E-state index in [-0.39, 0.29) is 45.9 Å². The summed E-state index contributed by atoms with van der Waals surface area (Å²) >= 11 is 0. The summed E-state index contributed by atoms with van der Waals surface area (Å²) in [6, 6.07) is 6.51. The highest BCUT2D eigenvalue weighted by molar-refractivity contribution is 5.91. The smallest absolute Gasteiger partial charge is 0.302 e. The Morgan fingerprint density at radius 1 is 1.06 bits per heavy atom. The van der Waals surface area contributed by atoms with Crippen LogP contribution in [0.3, 0.4) is 0 Å². The third-order valence-electron chi connectivity index (χ3n) is 5.48. The van der Waals surface area contributed by atoms with Gasteiger partial charge in [0.05, 0.1) is 27.9 Å². The molecule has 0 radical (unpaired) electrons. The molecule has 9 nitrogen and oxygen atoms in total. The summed E-state index contributed by atoms with van der Waals surface area (Å²) in [4.78, 5) is 24.2. The van der Waals surface area contributed by atoms with E-state index in [1.165, 1.54) is 27.2 Å². The Kier molecular flexibility index (Phi) is 7.55. The molecule has 1 heterocycles. The average Bonchev–Trinajstić information content (AvgIpc) is 2.80. The molecule has 0 aliphatic carbocycles. The number of carbonyl (C=O) groups excluding carboxylic acids is 1. The zero-order valence-electron chi connectivity index (χ0n) is 19.8. The Hall–Kier alpha value is -3.88. The quantitative estimate of drug-likeness (QED) is 0.444. The van der Waals surface area contributed by atoms with Gasteiger partial charge < -0.3 is 33.6 Å². The summed E-state index contributed by atoms with van der Waals surface area (Å²) in [5, 5.41) is 20.4. The van der Waals surface area contributed by atoms with Gasteiger partial charge in [0, 0.05) is 18.6 Å². The molecule has 0 saturated heterocycles. The topological polar surface area (TPSA) is 125 Å². The molecule has 0 spiro atoms. The number of aryl methyl sites for hydroxylation is 1. The fourth-order valence-corrected chi connectivity index (χ4v) is 3.72. The second kappa shape index (κ2) is 10.4. The van der Waals surface area contributed by atoms with Crippen LogP contribution in [0.1, 0.15) is 25.8 Å². The van der Waals surface area contributed by atoms with Crippen LogP contribution in [0, 0.1) is 5.92 Å². The van der Waals surface area contributed by atoms with Crippen molar-refractivity contribution in [3.05, 3.63) is 40.1 Å². The number of hydrogen-bond acceptors (Lipinski definition) is 9. The third kappa shape index (κ3) is 4.88. The fraction of sp³-hybridized carbons (Fsp3) is 0.360. The molecule has 0 amide bonds. The molecule has 3 aromatic rings. The van der Waals surface area contributed by atoms with E-state index in [4.69, 9.17) is 23.4 Å². The van der Waals surface area contributed by atoms with Crippen LogP contribution in [0.2, 0.25) is 0 Å². The standard InChI is InChI=1S/C25H28O9/c1-13(12-33-14(2)26)6-7-15-10-16(8-9-18(15)30-3)23-25(32-5)22(29)20-19(34-23)11-17(27)24(31-4)21(20)28/h8-11,13,27-28H,6-7,12H2,1-5H3/t13-/m0/s1. The lowest BCUT2D eigenvalue weighted by Gasteiger charge is -2.15. The minimum atomic E-state index is -0.609. The Balaban J connectivity index is 2.07. The van der Waals surface area contributed by atoms with Gasteiger partial charge in [0.25, 0.3) is 0 Å². The average molecular weight is 472 g/mol. The van der Waals surface area contributed by atoms with Crippen molar-refractivity contribution in [3.8, 4) is 40.1 Å². The number of phenols is 2. The number of phenolic OH excluding ortho intramolecular Hbond substituents is 2. The summed E-state index contributed by atoms with van der Waals surface area (Å²) in [5.41, 5.74) is 0.778. The SMILES string of the molecule is COc1ccc(-c2oc3cc(O)c(OC)c(O)c3c(=O)c2OC)cc1CC[C@H](C)COC(C)=O. The van der Waals surface area contributed by atoms with Crippen LogP contribution in [0.25, 0.3) is 22.3 Å². The highest BCUT2D eigenvalue weighted by Gasteiger charge is 2.24. The first kappa shape index (κ1) is 24.8. The molecule has 3 rings (SSSR count). The fourth-order valence-electron chi connectivity index (χ4n) is 3.72. The van der Waals surface area contributed by atoms with E-state index < -0.39 is 11.2 Å². The van der Waals surface area contributed by atoms with Crippen molar-refractivity contribution in [1.82, 2.24) is 0 Å². The van der Waals surface area contributed by atoms with Crippen molar-refractivity contribution in [1.29, 1.82) is 0 Å². The normalized spacial score (nSPS) is 11.8. The molecular formula is C25H28O9. The molecule has 0 saturated carbocycles. The van der Waals surface area contributed by atoms with E-state index in [1.807, 2.05) is 13.0 Å². The maximum absolute atomic E-state index is 13.2. The monoisotopic (exact) mass is 472 g/mol. The molecule has 1 atom stereocenters. The molecular weight excluding hydrogens is 444 g/mol. The number of rotatable bonds is 9. The van der Waals surface area contributed by atoms with Gasteiger partial charge in [-0.15, -0.1) is 0 Å². The first-order valence-corrected chi connectivity index (χ1v) is 10.7. The van der Waals surface area contributed by atoms with Gasteiger partial charge in [-0.05, 0) is 42.5 Å². The molecule has 34 heavy (non-hydrogen) atoms. The number of carbonyl (C=O) groups is 1. The molecule has 0 fully saturated rings. The number of benzene rings is 2. The van der Waals surface area contributed by atoms with Gasteiger partial charge in [0.2, 0.25) is 16.9 Å². The summed E-state index contributed by atoms with van der Waals surface area (Å²) < 4.78 is 26.8. The van der Waals surface area contributed by atoms with Crippen molar-refractivity contribution in [2.45, 2.75) is 26.7 Å². The Morgan fingerprint density at radius 3 is 2.38 bits per heavy atom. The van der Waals surface area contributed by atoms with Crippen LogP contribution in [0.15, 0.2) is 33.5 Å². The van der Waals surface area contributed by atoms with Crippen molar-refractivity contribution < 1.29 is 38.4 Å². The molecule has 1 aromatic heterocycles. The summed E-state index contributed by atoms with van der Waals surface area (Å²) in [6.07, 6.45) is 1.35. The molecule has 0 aliphatic rings. The van der Waals surface area contributed by atoms with E-state index in [2.05, 4.69) is 0 Å². The zero-order chi connectivity index (χ0) is 25.0. The Morgan fingerprint density at radius 2 is 1.76 bits per heavy atom. The maximum Gasteiger partial charge on any atom is 0.302 e. The third-order valence-corrected chi connectivity index (χ3v) is 5.48. The Labute approximate surface area is 196 Å². The summed E-state index contributed by atoms with van der Waals surface area (Å²) in [6.45, 7) is 3.68. The van der Waals surface area contributed by atoms with E-state index in [0.717, 1.165) is 12.0 Å². The van der Waals surface area contributed by atoms with Gasteiger partial charge in [-0.1, -0.05) is 6.92 Å². The van der Waals surface area contributed by atoms with Gasteiger partial charge in [0.1, 0.15) is 16.7 Å². The van der Waals surface area contributed by atoms with Gasteiger partial charge in [-0.25, -0.2) is 0 Å². The van der Waals surface area contributed by atoms with Crippen LogP contribution >= 0.6 is 0 Å². The molecule has 2 aromatic carbocycles. The van der Waals surface area contributed by atoms with Gasteiger partial charge >= 0.3 is 5.97 Å². The van der Waals surface area contributed by atoms with Gasteiger partial charge in [-0.2, -0.15) is 0 Å². The van der Waals surface area contributed by atoms with Gasteiger partial charge in [0.15, 0.2) is 17.3 Å². The number of ether oxygens (including phenoxy) is 4. The predicted molar refractivity (Wildman–Crippen MR) is 125 cm³/mol. The minimum Gasteiger partial charge on any atom is -0.504 e. The number of esters is 1. The van der Waals surface area contributed by atoms with Gasteiger partial charge in [-0.3, -0.25) is 9.59 Å². The van der Waals surface area contributed by atoms with E-state index in [9.17, 15) is 19.8 Å². The van der Waals surface area contributed by atoms with Crippen LogP contribution in [-0.4, -0.2) is 44.1 Å². The van der Waals surface area contributed by atoms with Crippen molar-refractivity contribution >= 4 is 16.9 Å². The van der Waals surface area contributed by atoms with Crippen LogP contribution in [0.5, 0.6) is 28.7 Å². The maximum atomic E-state index is 13.2. The highest BCUT2D eigenvalue weighted by atomic mass is 16.5. The second-order valence-electron chi connectivity index (χ2n) is 7.92. The first-order valence-electron chi connectivity index (χ1n) is 10.7. The highest BCUT2D eigenvalue weighted by Crippen LogP contribution is 2.43. The second-order valence-corrected chi connectivity index (χ2v) is 7.92. The number of hydrogen-bond donors (Lipinski definition) is 2. The van der Waals surface area contributed by atoms with Crippen LogP contribution in [-0.2, 0) is 16.0 Å². The molecule has 182 valence electrons. The van der Waals surface area contributed by atoms with E-state index in [1.54, 1.807) is 19.2 Å². The lowest BCUT2D eigenvalue weighted by molar-refractivity contribution is -0.142. The molecule has 2 N–H and O–H groups in total. The lowest BCUT2D eigenvalue weighted by atomic mass is 9.98. The van der Waals surface area contributed by atoms with E-state index in [0.29, 0.717) is 24.3 Å². The minimum absolute atomic E-state index is 0.0241.